The van der Waals surface area contributed by atoms with Crippen LogP contribution in [0, 0.1) is 11.3 Å². The van der Waals surface area contributed by atoms with Gasteiger partial charge in [0, 0.05) is 11.4 Å². The number of carboxylic acid groups (broad SMARTS) is 1. The van der Waals surface area contributed by atoms with Crippen molar-refractivity contribution in [2.75, 3.05) is 0 Å². The van der Waals surface area contributed by atoms with E-state index in [-0.39, 0.29) is 0 Å². The molecule has 0 atom stereocenters. The topological polar surface area (TPSA) is 49.3 Å². The van der Waals surface area contributed by atoms with Gasteiger partial charge in [-0.2, -0.15) is 0 Å². The molecule has 21 heavy (non-hydrogen) atoms. The van der Waals surface area contributed by atoms with Crippen molar-refractivity contribution in [3.05, 3.63) is 22.4 Å². The lowest BCUT2D eigenvalue weighted by Crippen LogP contribution is -2.54. The third kappa shape index (κ3) is 3.67. The first-order valence-corrected chi connectivity index (χ1v) is 8.78. The van der Waals surface area contributed by atoms with Crippen molar-refractivity contribution in [1.82, 2.24) is 5.32 Å². The quantitative estimate of drug-likeness (QED) is 0.824. The van der Waals surface area contributed by atoms with Crippen LogP contribution in [0.25, 0.3) is 0 Å². The summed E-state index contributed by atoms with van der Waals surface area (Å²) in [7, 11) is 0. The third-order valence-corrected chi connectivity index (χ3v) is 6.32. The molecule has 3 nitrogen and oxygen atoms in total. The molecular formula is C17H27NO2S. The zero-order chi connectivity index (χ0) is 15.5. The van der Waals surface area contributed by atoms with Gasteiger partial charge in [-0.15, -0.1) is 11.3 Å². The normalized spacial score (nSPS) is 26.7. The van der Waals surface area contributed by atoms with Gasteiger partial charge in [0.05, 0.1) is 0 Å². The molecule has 1 fully saturated rings. The Bertz CT molecular complexity index is 459. The smallest absolute Gasteiger partial charge is 0.323 e. The SMILES string of the molecule is CCC(C)(C)C1CCC(NCc2cccs2)(C(=O)O)CC1. The van der Waals surface area contributed by atoms with Crippen molar-refractivity contribution in [3.63, 3.8) is 0 Å². The van der Waals surface area contributed by atoms with Crippen molar-refractivity contribution in [3.8, 4) is 0 Å². The van der Waals surface area contributed by atoms with Crippen molar-refractivity contribution in [1.29, 1.82) is 0 Å². The lowest BCUT2D eigenvalue weighted by atomic mass is 9.65. The van der Waals surface area contributed by atoms with Crippen LogP contribution in [0.3, 0.4) is 0 Å². The molecule has 0 bridgehead atoms. The lowest BCUT2D eigenvalue weighted by Gasteiger charge is -2.43. The summed E-state index contributed by atoms with van der Waals surface area (Å²) in [6, 6.07) is 4.06. The van der Waals surface area contributed by atoms with Gasteiger partial charge in [0.2, 0.25) is 0 Å². The molecule has 4 heteroatoms. The monoisotopic (exact) mass is 309 g/mol. The van der Waals surface area contributed by atoms with Crippen LogP contribution >= 0.6 is 11.3 Å². The highest BCUT2D eigenvalue weighted by Crippen LogP contribution is 2.43. The summed E-state index contributed by atoms with van der Waals surface area (Å²) < 4.78 is 0. The van der Waals surface area contributed by atoms with E-state index in [2.05, 4.69) is 32.2 Å². The van der Waals surface area contributed by atoms with E-state index < -0.39 is 11.5 Å². The molecular weight excluding hydrogens is 282 g/mol. The zero-order valence-electron chi connectivity index (χ0n) is 13.3. The highest BCUT2D eigenvalue weighted by Gasteiger charge is 2.44. The molecule has 0 aromatic carbocycles. The molecule has 0 unspecified atom stereocenters. The number of rotatable bonds is 6. The molecule has 1 heterocycles. The molecule has 2 rings (SSSR count). The largest absolute Gasteiger partial charge is 0.480 e. The summed E-state index contributed by atoms with van der Waals surface area (Å²) in [6.07, 6.45) is 4.64. The molecule has 0 aliphatic heterocycles. The van der Waals surface area contributed by atoms with Crippen molar-refractivity contribution in [2.45, 2.75) is 65.0 Å². The van der Waals surface area contributed by atoms with Crippen molar-refractivity contribution in [2.24, 2.45) is 11.3 Å². The van der Waals surface area contributed by atoms with Gasteiger partial charge >= 0.3 is 5.97 Å². The molecule has 118 valence electrons. The zero-order valence-corrected chi connectivity index (χ0v) is 14.1. The third-order valence-electron chi connectivity index (χ3n) is 5.45. The van der Waals surface area contributed by atoms with E-state index in [1.165, 1.54) is 4.88 Å². The van der Waals surface area contributed by atoms with E-state index in [0.717, 1.165) is 32.1 Å². The highest BCUT2D eigenvalue weighted by molar-refractivity contribution is 7.09. The Kier molecular flexibility index (Phi) is 5.10. The molecule has 2 N–H and O–H groups in total. The Morgan fingerprint density at radius 2 is 2.14 bits per heavy atom. The minimum Gasteiger partial charge on any atom is -0.480 e. The average molecular weight is 309 g/mol. The summed E-state index contributed by atoms with van der Waals surface area (Å²) in [5.41, 5.74) is -0.414. The van der Waals surface area contributed by atoms with Crippen LogP contribution in [0.15, 0.2) is 17.5 Å². The van der Waals surface area contributed by atoms with Crippen molar-refractivity contribution < 1.29 is 9.90 Å². The van der Waals surface area contributed by atoms with Crippen LogP contribution in [0.4, 0.5) is 0 Å². The molecule has 0 spiro atoms. The first-order chi connectivity index (χ1) is 9.89. The maximum absolute atomic E-state index is 11.8. The van der Waals surface area contributed by atoms with Gasteiger partial charge in [0.25, 0.3) is 0 Å². The van der Waals surface area contributed by atoms with Crippen LogP contribution in [0.2, 0.25) is 0 Å². The van der Waals surface area contributed by atoms with Gasteiger partial charge in [0.15, 0.2) is 0 Å². The van der Waals surface area contributed by atoms with Crippen LogP contribution in [-0.2, 0) is 11.3 Å². The Morgan fingerprint density at radius 3 is 2.62 bits per heavy atom. The number of thiophene rings is 1. The number of aliphatic carboxylic acids is 1. The Balaban J connectivity index is 2.00. The van der Waals surface area contributed by atoms with E-state index >= 15 is 0 Å². The van der Waals surface area contributed by atoms with E-state index in [9.17, 15) is 9.90 Å². The molecule has 0 radical (unpaired) electrons. The summed E-state index contributed by atoms with van der Waals surface area (Å²) in [4.78, 5) is 13.0. The maximum atomic E-state index is 11.8. The van der Waals surface area contributed by atoms with Crippen LogP contribution in [0.1, 0.15) is 57.8 Å². The van der Waals surface area contributed by atoms with Crippen molar-refractivity contribution >= 4 is 17.3 Å². The fraction of sp³-hybridized carbons (Fsp3) is 0.706. The first kappa shape index (κ1) is 16.5. The minimum atomic E-state index is -0.732. The fourth-order valence-corrected chi connectivity index (χ4v) is 3.96. The van der Waals surface area contributed by atoms with E-state index in [1.807, 2.05) is 11.4 Å². The summed E-state index contributed by atoms with van der Waals surface area (Å²) in [6.45, 7) is 7.51. The maximum Gasteiger partial charge on any atom is 0.323 e. The van der Waals surface area contributed by atoms with E-state index in [0.29, 0.717) is 17.9 Å². The average Bonchev–Trinajstić information content (AvgIpc) is 2.98. The molecule has 1 saturated carbocycles. The minimum absolute atomic E-state index is 0.318. The molecule has 1 aromatic rings. The highest BCUT2D eigenvalue weighted by atomic mass is 32.1. The molecule has 1 aliphatic rings. The number of hydrogen-bond donors (Lipinski definition) is 2. The Morgan fingerprint density at radius 1 is 1.48 bits per heavy atom. The van der Waals surface area contributed by atoms with Gasteiger partial charge < -0.3 is 5.11 Å². The second kappa shape index (κ2) is 6.49. The second-order valence-electron chi connectivity index (χ2n) is 6.94. The van der Waals surface area contributed by atoms with Gasteiger partial charge in [-0.25, -0.2) is 0 Å². The summed E-state index contributed by atoms with van der Waals surface area (Å²) in [5.74, 6) is -0.0506. The van der Waals surface area contributed by atoms with Gasteiger partial charge in [-0.1, -0.05) is 33.3 Å². The predicted octanol–water partition coefficient (Wildman–Crippen LogP) is 4.29. The lowest BCUT2D eigenvalue weighted by molar-refractivity contribution is -0.147. The van der Waals surface area contributed by atoms with Gasteiger partial charge in [-0.05, 0) is 48.5 Å². The van der Waals surface area contributed by atoms with E-state index in [4.69, 9.17) is 0 Å². The van der Waals surface area contributed by atoms with Gasteiger partial charge in [0.1, 0.15) is 5.54 Å². The molecule has 0 amide bonds. The number of carbonyl (C=O) groups is 1. The van der Waals surface area contributed by atoms with Crippen LogP contribution in [0.5, 0.6) is 0 Å². The fourth-order valence-electron chi connectivity index (χ4n) is 3.32. The number of nitrogens with one attached hydrogen (secondary N) is 1. The van der Waals surface area contributed by atoms with Gasteiger partial charge in [-0.3, -0.25) is 10.1 Å². The Hall–Kier alpha value is -0.870. The summed E-state index contributed by atoms with van der Waals surface area (Å²) in [5, 5.41) is 15.1. The molecule has 1 aromatic heterocycles. The molecule has 1 aliphatic carbocycles. The Labute approximate surface area is 131 Å². The number of carboxylic acids is 1. The van der Waals surface area contributed by atoms with Crippen LogP contribution in [-0.4, -0.2) is 16.6 Å². The van der Waals surface area contributed by atoms with E-state index in [1.54, 1.807) is 11.3 Å². The second-order valence-corrected chi connectivity index (χ2v) is 7.97. The summed E-state index contributed by atoms with van der Waals surface area (Å²) >= 11 is 1.67. The molecule has 0 saturated heterocycles. The first-order valence-electron chi connectivity index (χ1n) is 7.90. The number of hydrogen-bond acceptors (Lipinski definition) is 3. The van der Waals surface area contributed by atoms with Crippen LogP contribution < -0.4 is 5.32 Å². The predicted molar refractivity (Wildman–Crippen MR) is 87.6 cm³/mol. The standard InChI is InChI=1S/C17H27NO2S/c1-4-16(2,3)13-7-9-17(10-8-13,15(19)20)18-12-14-6-5-11-21-14/h5-6,11,13,18H,4,7-10,12H2,1-3H3,(H,19,20).